The average Bonchev–Trinajstić information content (AvgIpc) is 2.62. The molecule has 0 heterocycles. The highest BCUT2D eigenvalue weighted by Gasteiger charge is 2.25. The Balaban J connectivity index is 2.86. The standard InChI is InChI=1S/C16H20ClN3O6S/c1-19(2)14(21)9-26-16(23)13(6-7-27-3)18-15(22)11-5-4-10(20(24)25)8-12(11)17/h4-5,8,13H,6-7,9H2,1-3H3,(H,18,22)/t13-/m1/s1. The highest BCUT2D eigenvalue weighted by molar-refractivity contribution is 7.98. The second-order valence-corrected chi connectivity index (χ2v) is 7.02. The molecule has 0 aliphatic heterocycles. The predicted molar refractivity (Wildman–Crippen MR) is 102 cm³/mol. The second-order valence-electron chi connectivity index (χ2n) is 5.62. The first-order chi connectivity index (χ1) is 12.7. The van der Waals surface area contributed by atoms with Crippen molar-refractivity contribution < 1.29 is 24.0 Å². The van der Waals surface area contributed by atoms with Gasteiger partial charge in [0.15, 0.2) is 6.61 Å². The SMILES string of the molecule is CSCC[C@@H](NC(=O)c1ccc([N+](=O)[O-])cc1Cl)C(=O)OCC(=O)N(C)C. The third kappa shape index (κ3) is 7.06. The smallest absolute Gasteiger partial charge is 0.329 e. The first-order valence-corrected chi connectivity index (χ1v) is 9.55. The highest BCUT2D eigenvalue weighted by Crippen LogP contribution is 2.22. The van der Waals surface area contributed by atoms with Gasteiger partial charge in [0.05, 0.1) is 15.5 Å². The van der Waals surface area contributed by atoms with Crippen molar-refractivity contribution in [1.82, 2.24) is 10.2 Å². The Morgan fingerprint density at radius 1 is 1.37 bits per heavy atom. The van der Waals surface area contributed by atoms with Crippen molar-refractivity contribution >= 4 is 46.8 Å². The minimum Gasteiger partial charge on any atom is -0.454 e. The number of nitrogens with zero attached hydrogens (tertiary/aromatic N) is 2. The van der Waals surface area contributed by atoms with Crippen molar-refractivity contribution in [3.05, 3.63) is 38.9 Å². The van der Waals surface area contributed by atoms with Gasteiger partial charge >= 0.3 is 5.97 Å². The Bertz CT molecular complexity index is 728. The Morgan fingerprint density at radius 3 is 2.56 bits per heavy atom. The van der Waals surface area contributed by atoms with E-state index in [1.165, 1.54) is 36.8 Å². The summed E-state index contributed by atoms with van der Waals surface area (Å²) in [6.45, 7) is -0.435. The van der Waals surface area contributed by atoms with Crippen molar-refractivity contribution in [3.8, 4) is 0 Å². The summed E-state index contributed by atoms with van der Waals surface area (Å²) in [5.41, 5.74) is -0.259. The van der Waals surface area contributed by atoms with Crippen LogP contribution < -0.4 is 5.32 Å². The first kappa shape index (κ1) is 22.7. The van der Waals surface area contributed by atoms with Gasteiger partial charge in [-0.3, -0.25) is 19.7 Å². The van der Waals surface area contributed by atoms with E-state index in [4.69, 9.17) is 16.3 Å². The normalized spacial score (nSPS) is 11.4. The maximum Gasteiger partial charge on any atom is 0.329 e. The van der Waals surface area contributed by atoms with Gasteiger partial charge in [-0.1, -0.05) is 11.6 Å². The summed E-state index contributed by atoms with van der Waals surface area (Å²) in [5.74, 6) is -1.24. The molecule has 0 aliphatic rings. The molecule has 0 aliphatic carbocycles. The number of nitrogens with one attached hydrogen (secondary N) is 1. The molecule has 0 radical (unpaired) electrons. The van der Waals surface area contributed by atoms with Crippen molar-refractivity contribution in [1.29, 1.82) is 0 Å². The van der Waals surface area contributed by atoms with Gasteiger partial charge in [-0.25, -0.2) is 4.79 Å². The number of rotatable bonds is 9. The van der Waals surface area contributed by atoms with Crippen LogP contribution in [0.2, 0.25) is 5.02 Å². The maximum atomic E-state index is 12.4. The van der Waals surface area contributed by atoms with E-state index in [1.807, 2.05) is 6.26 Å². The minimum absolute atomic E-state index is 0.00594. The van der Waals surface area contributed by atoms with Gasteiger partial charge in [0, 0.05) is 26.2 Å². The summed E-state index contributed by atoms with van der Waals surface area (Å²) < 4.78 is 4.97. The van der Waals surface area contributed by atoms with E-state index in [-0.39, 0.29) is 22.7 Å². The second kappa shape index (κ2) is 10.7. The molecule has 9 nitrogen and oxygen atoms in total. The predicted octanol–water partition coefficient (Wildman–Crippen LogP) is 1.73. The third-order valence-electron chi connectivity index (χ3n) is 3.45. The number of hydrogen-bond acceptors (Lipinski definition) is 7. The molecule has 0 saturated carbocycles. The van der Waals surface area contributed by atoms with E-state index in [1.54, 1.807) is 0 Å². The van der Waals surface area contributed by atoms with E-state index in [2.05, 4.69) is 5.32 Å². The van der Waals surface area contributed by atoms with E-state index in [0.29, 0.717) is 5.75 Å². The van der Waals surface area contributed by atoms with E-state index >= 15 is 0 Å². The molecule has 1 aromatic rings. The highest BCUT2D eigenvalue weighted by atomic mass is 35.5. The largest absolute Gasteiger partial charge is 0.454 e. The topological polar surface area (TPSA) is 119 Å². The number of carbonyl (C=O) groups excluding carboxylic acids is 3. The number of thioether (sulfide) groups is 1. The summed E-state index contributed by atoms with van der Waals surface area (Å²) in [4.78, 5) is 47.6. The van der Waals surface area contributed by atoms with Gasteiger partial charge in [-0.05, 0) is 24.5 Å². The average molecular weight is 418 g/mol. The molecule has 1 aromatic carbocycles. The van der Waals surface area contributed by atoms with E-state index < -0.39 is 35.4 Å². The lowest BCUT2D eigenvalue weighted by Crippen LogP contribution is -2.43. The first-order valence-electron chi connectivity index (χ1n) is 7.78. The Morgan fingerprint density at radius 2 is 2.04 bits per heavy atom. The fourth-order valence-corrected chi connectivity index (χ4v) is 2.62. The van der Waals surface area contributed by atoms with Crippen LogP contribution in [0.4, 0.5) is 5.69 Å². The van der Waals surface area contributed by atoms with Gasteiger partial charge in [0.1, 0.15) is 6.04 Å². The molecular weight excluding hydrogens is 398 g/mol. The molecule has 1 atom stereocenters. The lowest BCUT2D eigenvalue weighted by molar-refractivity contribution is -0.384. The number of benzene rings is 1. The van der Waals surface area contributed by atoms with Crippen molar-refractivity contribution in [3.63, 3.8) is 0 Å². The Labute approximate surface area is 165 Å². The molecule has 1 rings (SSSR count). The number of non-ortho nitro benzene ring substituents is 1. The van der Waals surface area contributed by atoms with Gasteiger partial charge in [-0.2, -0.15) is 11.8 Å². The van der Waals surface area contributed by atoms with Crippen LogP contribution in [0.25, 0.3) is 0 Å². The minimum atomic E-state index is -0.980. The quantitative estimate of drug-likeness (QED) is 0.369. The molecule has 0 aromatic heterocycles. The number of nitro groups is 1. The molecule has 0 bridgehead atoms. The number of esters is 1. The third-order valence-corrected chi connectivity index (χ3v) is 4.40. The van der Waals surface area contributed by atoms with Crippen molar-refractivity contribution in [2.75, 3.05) is 32.7 Å². The van der Waals surface area contributed by atoms with Crippen LogP contribution in [0.1, 0.15) is 16.8 Å². The molecule has 1 N–H and O–H groups in total. The zero-order valence-corrected chi connectivity index (χ0v) is 16.6. The van der Waals surface area contributed by atoms with Crippen LogP contribution in [0.3, 0.4) is 0 Å². The monoisotopic (exact) mass is 417 g/mol. The summed E-state index contributed by atoms with van der Waals surface area (Å²) in [6, 6.07) is 2.43. The zero-order chi connectivity index (χ0) is 20.6. The number of nitro benzene ring substituents is 1. The molecule has 2 amide bonds. The molecule has 148 valence electrons. The number of hydrogen-bond donors (Lipinski definition) is 1. The molecular formula is C16H20ClN3O6S. The molecule has 0 spiro atoms. The van der Waals surface area contributed by atoms with Crippen LogP contribution in [-0.4, -0.2) is 66.4 Å². The van der Waals surface area contributed by atoms with Crippen LogP contribution in [0.5, 0.6) is 0 Å². The van der Waals surface area contributed by atoms with Crippen LogP contribution >= 0.6 is 23.4 Å². The Kier molecular flexibility index (Phi) is 9.03. The molecule has 0 fully saturated rings. The van der Waals surface area contributed by atoms with E-state index in [9.17, 15) is 24.5 Å². The lowest BCUT2D eigenvalue weighted by Gasteiger charge is -2.18. The number of halogens is 1. The summed E-state index contributed by atoms with van der Waals surface area (Å²) in [5, 5.41) is 13.1. The molecule has 11 heteroatoms. The van der Waals surface area contributed by atoms with Crippen LogP contribution in [0, 0.1) is 10.1 Å². The van der Waals surface area contributed by atoms with Gasteiger partial charge in [0.2, 0.25) is 0 Å². The van der Waals surface area contributed by atoms with Gasteiger partial charge in [-0.15, -0.1) is 0 Å². The number of amides is 2. The number of likely N-dealkylation sites (N-methyl/N-ethyl adjacent to an activating group) is 1. The van der Waals surface area contributed by atoms with Gasteiger partial charge in [0.25, 0.3) is 17.5 Å². The molecule has 0 unspecified atom stereocenters. The fourth-order valence-electron chi connectivity index (χ4n) is 1.88. The fraction of sp³-hybridized carbons (Fsp3) is 0.438. The number of ether oxygens (including phenoxy) is 1. The Hall–Kier alpha value is -2.33. The van der Waals surface area contributed by atoms with Crippen molar-refractivity contribution in [2.45, 2.75) is 12.5 Å². The van der Waals surface area contributed by atoms with Crippen LogP contribution in [0.15, 0.2) is 18.2 Å². The van der Waals surface area contributed by atoms with Crippen molar-refractivity contribution in [2.24, 2.45) is 0 Å². The number of carbonyl (C=O) groups is 3. The summed E-state index contributed by atoms with van der Waals surface area (Å²) >= 11 is 7.41. The van der Waals surface area contributed by atoms with E-state index in [0.717, 1.165) is 12.1 Å². The van der Waals surface area contributed by atoms with Crippen LogP contribution in [-0.2, 0) is 14.3 Å². The molecule has 27 heavy (non-hydrogen) atoms. The zero-order valence-electron chi connectivity index (χ0n) is 15.1. The summed E-state index contributed by atoms with van der Waals surface area (Å²) in [6.07, 6.45) is 2.12. The molecule has 0 saturated heterocycles. The van der Waals surface area contributed by atoms with Gasteiger partial charge < -0.3 is 15.0 Å². The summed E-state index contributed by atoms with van der Waals surface area (Å²) in [7, 11) is 3.06. The maximum absolute atomic E-state index is 12.4. The lowest BCUT2D eigenvalue weighted by atomic mass is 10.1.